The van der Waals surface area contributed by atoms with E-state index in [1.54, 1.807) is 6.92 Å². The third-order valence-electron chi connectivity index (χ3n) is 3.22. The summed E-state index contributed by atoms with van der Waals surface area (Å²) in [6.07, 6.45) is 0.667. The van der Waals surface area contributed by atoms with Gasteiger partial charge in [-0.05, 0) is 12.8 Å². The maximum Gasteiger partial charge on any atom is 0.480 e. The zero-order valence-corrected chi connectivity index (χ0v) is 10.3. The second kappa shape index (κ2) is 3.77. The van der Waals surface area contributed by atoms with Crippen LogP contribution >= 0.6 is 7.82 Å². The van der Waals surface area contributed by atoms with E-state index in [4.69, 9.17) is 13.6 Å². The van der Waals surface area contributed by atoms with Gasteiger partial charge in [-0.3, -0.25) is 13.6 Å². The molecule has 4 unspecified atom stereocenters. The molecule has 2 aliphatic rings. The first-order chi connectivity index (χ1) is 7.41. The zero-order valence-electron chi connectivity index (χ0n) is 9.38. The van der Waals surface area contributed by atoms with Gasteiger partial charge in [0.25, 0.3) is 0 Å². The predicted octanol–water partition coefficient (Wildman–Crippen LogP) is 1.52. The summed E-state index contributed by atoms with van der Waals surface area (Å²) in [5.41, 5.74) is -1.42. The van der Waals surface area contributed by atoms with Crippen LogP contribution in [0.4, 0.5) is 0 Å². The molecule has 0 aromatic heterocycles. The molecule has 2 heterocycles. The molecule has 0 saturated carbocycles. The number of unbranched alkanes of at least 4 members (excludes halogenated alkanes) is 1. The van der Waals surface area contributed by atoms with E-state index >= 15 is 0 Å². The minimum atomic E-state index is -3.78. The van der Waals surface area contributed by atoms with Crippen LogP contribution in [0, 0.1) is 0 Å². The van der Waals surface area contributed by atoms with Gasteiger partial charge in [0.1, 0.15) is 0 Å². The zero-order chi connectivity index (χ0) is 12.0. The number of rotatable bonds is 4. The van der Waals surface area contributed by atoms with E-state index in [0.29, 0.717) is 6.42 Å². The van der Waals surface area contributed by atoms with Gasteiger partial charge in [0.15, 0.2) is 5.60 Å². The van der Waals surface area contributed by atoms with E-state index in [1.165, 1.54) is 0 Å². The summed E-state index contributed by atoms with van der Waals surface area (Å²) in [6, 6.07) is 0. The molecule has 2 aliphatic heterocycles. The van der Waals surface area contributed by atoms with E-state index < -0.39 is 25.5 Å². The second-order valence-electron chi connectivity index (χ2n) is 4.22. The quantitative estimate of drug-likeness (QED) is 0.738. The molecule has 0 spiro atoms. The molecule has 6 nitrogen and oxygen atoms in total. The van der Waals surface area contributed by atoms with Crippen molar-refractivity contribution in [3.05, 3.63) is 0 Å². The van der Waals surface area contributed by atoms with Crippen LogP contribution in [0.3, 0.4) is 0 Å². The van der Waals surface area contributed by atoms with E-state index in [0.717, 1.165) is 6.42 Å². The van der Waals surface area contributed by atoms with Gasteiger partial charge in [0, 0.05) is 6.42 Å². The fraction of sp³-hybridized carbons (Fsp3) is 1.00. The van der Waals surface area contributed by atoms with Gasteiger partial charge in [-0.1, -0.05) is 20.3 Å². The van der Waals surface area contributed by atoms with Gasteiger partial charge in [0.2, 0.25) is 12.1 Å². The summed E-state index contributed by atoms with van der Waals surface area (Å²) >= 11 is 0. The summed E-state index contributed by atoms with van der Waals surface area (Å²) < 4.78 is 26.7. The normalized spacial score (nSPS) is 51.1. The van der Waals surface area contributed by atoms with Gasteiger partial charge >= 0.3 is 7.82 Å². The van der Waals surface area contributed by atoms with Crippen LogP contribution in [0.1, 0.15) is 39.5 Å². The van der Waals surface area contributed by atoms with Gasteiger partial charge in [0.05, 0.1) is 0 Å². The second-order valence-corrected chi connectivity index (χ2v) is 5.69. The summed E-state index contributed by atoms with van der Waals surface area (Å²) in [4.78, 5) is 0. The van der Waals surface area contributed by atoms with Crippen molar-refractivity contribution in [1.29, 1.82) is 0 Å². The molecular formula is C9H17O6P. The van der Waals surface area contributed by atoms with Gasteiger partial charge in [-0.2, -0.15) is 0 Å². The topological polar surface area (TPSA) is 85.2 Å². The van der Waals surface area contributed by atoms with Crippen LogP contribution in [-0.4, -0.2) is 27.9 Å². The minimum absolute atomic E-state index is 0.262. The van der Waals surface area contributed by atoms with Crippen molar-refractivity contribution in [3.63, 3.8) is 0 Å². The SMILES string of the molecule is CCCCC1(O)OP2(=O)OC(O)C1(CC)O2. The molecule has 2 rings (SSSR count). The van der Waals surface area contributed by atoms with Crippen LogP contribution in [0.15, 0.2) is 0 Å². The first kappa shape index (κ1) is 12.5. The molecule has 4 atom stereocenters. The number of phosphoric ester groups is 1. The minimum Gasteiger partial charge on any atom is -0.365 e. The van der Waals surface area contributed by atoms with Crippen molar-refractivity contribution in [2.24, 2.45) is 0 Å². The molecule has 2 saturated heterocycles. The lowest BCUT2D eigenvalue weighted by molar-refractivity contribution is -0.280. The number of phosphoric acid groups is 1. The van der Waals surface area contributed by atoms with Gasteiger partial charge in [-0.25, -0.2) is 4.57 Å². The van der Waals surface area contributed by atoms with Crippen molar-refractivity contribution >= 4 is 7.82 Å². The van der Waals surface area contributed by atoms with Crippen LogP contribution in [0.5, 0.6) is 0 Å². The first-order valence-electron chi connectivity index (χ1n) is 5.52. The van der Waals surface area contributed by atoms with Crippen LogP contribution in [0.2, 0.25) is 0 Å². The van der Waals surface area contributed by atoms with Gasteiger partial charge < -0.3 is 10.2 Å². The lowest BCUT2D eigenvalue weighted by Crippen LogP contribution is -2.59. The Kier molecular flexibility index (Phi) is 2.94. The third-order valence-corrected chi connectivity index (χ3v) is 4.75. The van der Waals surface area contributed by atoms with Crippen LogP contribution in [-0.2, 0) is 18.1 Å². The molecule has 94 valence electrons. The molecule has 2 fully saturated rings. The highest BCUT2D eigenvalue weighted by Crippen LogP contribution is 2.73. The average Bonchev–Trinajstić information content (AvgIpc) is 2.59. The molecule has 0 aromatic rings. The van der Waals surface area contributed by atoms with Crippen LogP contribution in [0.25, 0.3) is 0 Å². The highest BCUT2D eigenvalue weighted by atomic mass is 31.2. The van der Waals surface area contributed by atoms with E-state index in [-0.39, 0.29) is 12.8 Å². The highest BCUT2D eigenvalue weighted by Gasteiger charge is 2.75. The van der Waals surface area contributed by atoms with E-state index in [2.05, 4.69) is 0 Å². The van der Waals surface area contributed by atoms with Crippen LogP contribution < -0.4 is 0 Å². The number of aliphatic hydroxyl groups excluding tert-OH is 1. The maximum absolute atomic E-state index is 11.8. The molecule has 0 radical (unpaired) electrons. The van der Waals surface area contributed by atoms with Crippen molar-refractivity contribution in [1.82, 2.24) is 0 Å². The fourth-order valence-corrected chi connectivity index (χ4v) is 4.14. The smallest absolute Gasteiger partial charge is 0.365 e. The van der Waals surface area contributed by atoms with Crippen molar-refractivity contribution in [2.75, 3.05) is 0 Å². The molecule has 0 amide bonds. The van der Waals surface area contributed by atoms with Crippen molar-refractivity contribution in [2.45, 2.75) is 57.2 Å². The van der Waals surface area contributed by atoms with E-state index in [9.17, 15) is 14.8 Å². The predicted molar refractivity (Wildman–Crippen MR) is 54.4 cm³/mol. The Bertz CT molecular complexity index is 334. The largest absolute Gasteiger partial charge is 0.480 e. The lowest BCUT2D eigenvalue weighted by Gasteiger charge is -2.39. The number of hydrogen-bond donors (Lipinski definition) is 2. The Hall–Kier alpha value is 0.0300. The number of aliphatic hydroxyl groups is 2. The Labute approximate surface area is 94.1 Å². The summed E-state index contributed by atoms with van der Waals surface area (Å²) in [6.45, 7) is 3.68. The standard InChI is InChI=1S/C9H17O6P/c1-3-5-6-9(11)8(4-2)7(10)13-16(12,14-8)15-9/h7,10-11H,3-6H2,1-2H3. The first-order valence-corrected chi connectivity index (χ1v) is 6.98. The van der Waals surface area contributed by atoms with Crippen molar-refractivity contribution < 1.29 is 28.3 Å². The molecule has 16 heavy (non-hydrogen) atoms. The monoisotopic (exact) mass is 252 g/mol. The summed E-state index contributed by atoms with van der Waals surface area (Å²) in [5, 5.41) is 20.0. The average molecular weight is 252 g/mol. The third kappa shape index (κ3) is 1.49. The number of fused-ring (bicyclic) bond motifs is 2. The Morgan fingerprint density at radius 3 is 2.56 bits per heavy atom. The fourth-order valence-electron chi connectivity index (χ4n) is 2.23. The molecule has 2 bridgehead atoms. The molecule has 0 aromatic carbocycles. The molecule has 7 heteroatoms. The Morgan fingerprint density at radius 1 is 1.38 bits per heavy atom. The molecule has 0 aliphatic carbocycles. The Morgan fingerprint density at radius 2 is 2.06 bits per heavy atom. The number of hydrogen-bond acceptors (Lipinski definition) is 6. The van der Waals surface area contributed by atoms with Crippen molar-refractivity contribution in [3.8, 4) is 0 Å². The summed E-state index contributed by atoms with van der Waals surface area (Å²) in [5.74, 6) is -1.72. The highest BCUT2D eigenvalue weighted by molar-refractivity contribution is 7.49. The molecular weight excluding hydrogens is 235 g/mol. The van der Waals surface area contributed by atoms with E-state index in [1.807, 2.05) is 6.92 Å². The molecule has 2 N–H and O–H groups in total. The lowest BCUT2D eigenvalue weighted by atomic mass is 9.86. The van der Waals surface area contributed by atoms with Gasteiger partial charge in [-0.15, -0.1) is 0 Å². The Balaban J connectivity index is 2.30. The summed E-state index contributed by atoms with van der Waals surface area (Å²) in [7, 11) is -3.78. The maximum atomic E-state index is 11.8.